The van der Waals surface area contributed by atoms with Gasteiger partial charge in [0, 0.05) is 43.5 Å². The molecule has 4 rings (SSSR count). The number of nitrogen functional groups attached to an aromatic ring is 1. The Balaban J connectivity index is 1.79. The summed E-state index contributed by atoms with van der Waals surface area (Å²) in [6, 6.07) is 7.30. The molecule has 8 heteroatoms. The maximum atomic E-state index is 11.8. The molecule has 0 aliphatic carbocycles. The van der Waals surface area contributed by atoms with Crippen LogP contribution in [0.2, 0.25) is 0 Å². The maximum Gasteiger partial charge on any atom is 0.271 e. The minimum Gasteiger partial charge on any atom is -0.383 e. The van der Waals surface area contributed by atoms with Crippen LogP contribution in [-0.2, 0) is 0 Å². The van der Waals surface area contributed by atoms with Gasteiger partial charge in [0.1, 0.15) is 11.5 Å². The van der Waals surface area contributed by atoms with Crippen LogP contribution in [0.3, 0.4) is 0 Å². The third-order valence-electron chi connectivity index (χ3n) is 5.11. The van der Waals surface area contributed by atoms with Crippen LogP contribution in [0.1, 0.15) is 22.5 Å². The third kappa shape index (κ3) is 3.07. The van der Waals surface area contributed by atoms with Crippen molar-refractivity contribution in [3.8, 4) is 23.1 Å². The molecular weight excluding hydrogens is 368 g/mol. The first-order valence-corrected chi connectivity index (χ1v) is 8.99. The van der Waals surface area contributed by atoms with E-state index in [9.17, 15) is 9.90 Å². The van der Waals surface area contributed by atoms with Gasteiger partial charge >= 0.3 is 0 Å². The minimum atomic E-state index is -1.24. The lowest BCUT2D eigenvalue weighted by molar-refractivity contribution is 0.0996. The first kappa shape index (κ1) is 18.5. The molecule has 1 aromatic carbocycles. The summed E-state index contributed by atoms with van der Waals surface area (Å²) in [5, 5.41) is 10.7. The van der Waals surface area contributed by atoms with Gasteiger partial charge in [-0.15, -0.1) is 0 Å². The van der Waals surface area contributed by atoms with Crippen LogP contribution in [0.25, 0.3) is 16.9 Å². The molecule has 1 fully saturated rings. The van der Waals surface area contributed by atoms with Crippen LogP contribution in [0.15, 0.2) is 48.9 Å². The number of hydrogen-bond acceptors (Lipinski definition) is 6. The second-order valence-electron chi connectivity index (χ2n) is 6.99. The SMILES string of the molecule is C=C1N(C)CC[C@@]1(O)C#Cc1cccc(-c2nc(C(N)=O)c(N)n3ccnc23)c1. The molecule has 0 bridgehead atoms. The Bertz CT molecular complexity index is 1220. The van der Waals surface area contributed by atoms with E-state index in [0.717, 1.165) is 0 Å². The van der Waals surface area contributed by atoms with Crippen LogP contribution in [0.5, 0.6) is 0 Å². The highest BCUT2D eigenvalue weighted by Crippen LogP contribution is 2.29. The van der Waals surface area contributed by atoms with E-state index in [1.165, 1.54) is 0 Å². The van der Waals surface area contributed by atoms with E-state index in [0.29, 0.717) is 41.1 Å². The fourth-order valence-corrected chi connectivity index (χ4v) is 3.36. The first-order chi connectivity index (χ1) is 13.8. The monoisotopic (exact) mass is 388 g/mol. The Morgan fingerprint density at radius 1 is 1.41 bits per heavy atom. The maximum absolute atomic E-state index is 11.8. The molecule has 0 unspecified atom stereocenters. The Morgan fingerprint density at radius 3 is 2.90 bits per heavy atom. The number of aliphatic hydroxyl groups is 1. The van der Waals surface area contributed by atoms with E-state index < -0.39 is 11.5 Å². The fourth-order valence-electron chi connectivity index (χ4n) is 3.36. The number of fused-ring (bicyclic) bond motifs is 1. The molecular formula is C21H20N6O2. The number of nitrogens with two attached hydrogens (primary N) is 2. The molecule has 2 aromatic heterocycles. The molecule has 1 amide bonds. The van der Waals surface area contributed by atoms with Crippen molar-refractivity contribution in [2.24, 2.45) is 5.73 Å². The van der Waals surface area contributed by atoms with Gasteiger partial charge in [0.2, 0.25) is 0 Å². The van der Waals surface area contributed by atoms with E-state index in [-0.39, 0.29) is 11.5 Å². The topological polar surface area (TPSA) is 123 Å². The molecule has 3 heterocycles. The molecule has 1 aliphatic heterocycles. The van der Waals surface area contributed by atoms with Gasteiger partial charge in [0.25, 0.3) is 5.91 Å². The normalized spacial score (nSPS) is 18.7. The van der Waals surface area contributed by atoms with Gasteiger partial charge in [-0.1, -0.05) is 30.6 Å². The van der Waals surface area contributed by atoms with Gasteiger partial charge in [0.15, 0.2) is 16.9 Å². The van der Waals surface area contributed by atoms with E-state index in [1.54, 1.807) is 16.8 Å². The summed E-state index contributed by atoms with van der Waals surface area (Å²) in [5.41, 5.74) is 13.1. The van der Waals surface area contributed by atoms with E-state index in [2.05, 4.69) is 28.4 Å². The van der Waals surface area contributed by atoms with Crippen LogP contribution in [-0.4, -0.2) is 49.5 Å². The van der Waals surface area contributed by atoms with Gasteiger partial charge in [-0.2, -0.15) is 0 Å². The lowest BCUT2D eigenvalue weighted by Crippen LogP contribution is -2.26. The zero-order valence-corrected chi connectivity index (χ0v) is 15.9. The van der Waals surface area contributed by atoms with E-state index in [1.807, 2.05) is 36.2 Å². The minimum absolute atomic E-state index is 0.0263. The molecule has 0 spiro atoms. The number of likely N-dealkylation sites (N-methyl/N-ethyl adjacent to an activating group) is 1. The Hall–Kier alpha value is -3.83. The quantitative estimate of drug-likeness (QED) is 0.563. The van der Waals surface area contributed by atoms with Crippen molar-refractivity contribution in [1.29, 1.82) is 0 Å². The Morgan fingerprint density at radius 2 is 2.21 bits per heavy atom. The zero-order chi connectivity index (χ0) is 20.8. The summed E-state index contributed by atoms with van der Waals surface area (Å²) in [4.78, 5) is 22.3. The second-order valence-corrected chi connectivity index (χ2v) is 6.99. The molecule has 29 heavy (non-hydrogen) atoms. The Kier molecular flexibility index (Phi) is 4.25. The van der Waals surface area contributed by atoms with Crippen molar-refractivity contribution in [3.05, 3.63) is 60.2 Å². The summed E-state index contributed by atoms with van der Waals surface area (Å²) in [5.74, 6) is 5.37. The number of anilines is 1. The van der Waals surface area contributed by atoms with Gasteiger partial charge in [-0.05, 0) is 12.1 Å². The molecule has 146 valence electrons. The predicted molar refractivity (Wildman–Crippen MR) is 110 cm³/mol. The number of aromatic nitrogens is 3. The van der Waals surface area contributed by atoms with Crippen molar-refractivity contribution >= 4 is 17.4 Å². The number of imidazole rings is 1. The summed E-state index contributed by atoms with van der Waals surface area (Å²) in [6.07, 6.45) is 3.72. The molecule has 8 nitrogen and oxygen atoms in total. The Labute approximate surface area is 167 Å². The van der Waals surface area contributed by atoms with E-state index in [4.69, 9.17) is 11.5 Å². The van der Waals surface area contributed by atoms with Gasteiger partial charge in [-0.25, -0.2) is 9.97 Å². The molecule has 0 saturated carbocycles. The number of carbonyl (C=O) groups excluding carboxylic acids is 1. The predicted octanol–water partition coefficient (Wildman–Crippen LogP) is 1.01. The average Bonchev–Trinajstić information content (AvgIpc) is 3.29. The van der Waals surface area contributed by atoms with Crippen molar-refractivity contribution in [3.63, 3.8) is 0 Å². The molecule has 1 saturated heterocycles. The van der Waals surface area contributed by atoms with Crippen LogP contribution < -0.4 is 11.5 Å². The van der Waals surface area contributed by atoms with Crippen molar-refractivity contribution < 1.29 is 9.90 Å². The fraction of sp³-hybridized carbons (Fsp3) is 0.190. The lowest BCUT2D eigenvalue weighted by atomic mass is 10.00. The average molecular weight is 388 g/mol. The third-order valence-corrected chi connectivity index (χ3v) is 5.11. The summed E-state index contributed by atoms with van der Waals surface area (Å²) < 4.78 is 1.57. The van der Waals surface area contributed by atoms with Gasteiger partial charge in [0.05, 0.1) is 5.70 Å². The number of rotatable bonds is 2. The first-order valence-electron chi connectivity index (χ1n) is 8.99. The summed E-state index contributed by atoms with van der Waals surface area (Å²) in [6.45, 7) is 4.63. The zero-order valence-electron chi connectivity index (χ0n) is 15.9. The number of primary amides is 1. The molecule has 0 radical (unpaired) electrons. The van der Waals surface area contributed by atoms with E-state index >= 15 is 0 Å². The number of carbonyl (C=O) groups is 1. The molecule has 5 N–H and O–H groups in total. The largest absolute Gasteiger partial charge is 0.383 e. The van der Waals surface area contributed by atoms with Gasteiger partial charge in [-0.3, -0.25) is 9.20 Å². The standard InChI is InChI=1S/C21H20N6O2/c1-13-21(29,8-10-26(13)2)7-6-14-4-3-5-15(12-14)16-20-24-9-11-27(20)18(22)17(25-16)19(23)28/h3-5,9,11-12,29H,1,8,10,22H2,2H3,(H2,23,28)/t21-/m0/s1. The van der Waals surface area contributed by atoms with Crippen molar-refractivity contribution in [2.75, 3.05) is 19.3 Å². The number of nitrogens with zero attached hydrogens (tertiary/aromatic N) is 4. The number of amides is 1. The van der Waals surface area contributed by atoms with Crippen molar-refractivity contribution in [1.82, 2.24) is 19.3 Å². The molecule has 1 aliphatic rings. The number of benzene rings is 1. The summed E-state index contributed by atoms with van der Waals surface area (Å²) in [7, 11) is 1.88. The lowest BCUT2D eigenvalue weighted by Gasteiger charge is -2.19. The number of likely N-dealkylation sites (tertiary alicyclic amines) is 1. The summed E-state index contributed by atoms with van der Waals surface area (Å²) >= 11 is 0. The van der Waals surface area contributed by atoms with Crippen LogP contribution in [0, 0.1) is 11.8 Å². The van der Waals surface area contributed by atoms with Crippen LogP contribution in [0.4, 0.5) is 5.82 Å². The highest BCUT2D eigenvalue weighted by atomic mass is 16.3. The van der Waals surface area contributed by atoms with Gasteiger partial charge < -0.3 is 21.5 Å². The molecule has 1 atom stereocenters. The van der Waals surface area contributed by atoms with Crippen LogP contribution >= 0.6 is 0 Å². The number of hydrogen-bond donors (Lipinski definition) is 3. The van der Waals surface area contributed by atoms with Crippen molar-refractivity contribution in [2.45, 2.75) is 12.0 Å². The second kappa shape index (κ2) is 6.65. The highest BCUT2D eigenvalue weighted by Gasteiger charge is 2.36. The smallest absolute Gasteiger partial charge is 0.271 e. The highest BCUT2D eigenvalue weighted by molar-refractivity contribution is 5.97. The molecule has 3 aromatic rings.